The third-order valence-corrected chi connectivity index (χ3v) is 6.75. The second-order valence-electron chi connectivity index (χ2n) is 8.28. The molecule has 162 valence electrons. The van der Waals surface area contributed by atoms with Crippen LogP contribution in [-0.4, -0.2) is 32.7 Å². The van der Waals surface area contributed by atoms with Gasteiger partial charge in [0.25, 0.3) is 23.4 Å². The second kappa shape index (κ2) is 7.56. The summed E-state index contributed by atoms with van der Waals surface area (Å²) in [5.41, 5.74) is 0.738. The molecule has 32 heavy (non-hydrogen) atoms. The van der Waals surface area contributed by atoms with Crippen LogP contribution in [0, 0.1) is 33.8 Å². The van der Waals surface area contributed by atoms with Crippen LogP contribution in [-0.2, 0) is 16.1 Å². The Bertz CT molecular complexity index is 1130. The van der Waals surface area contributed by atoms with Crippen LogP contribution < -0.4 is 0 Å². The van der Waals surface area contributed by atoms with Crippen molar-refractivity contribution in [2.45, 2.75) is 13.0 Å². The lowest BCUT2D eigenvalue weighted by molar-refractivity contribution is -0.384. The molecule has 0 spiro atoms. The molecule has 1 heterocycles. The molecule has 4 atom stereocenters. The minimum atomic E-state index is -0.526. The first kappa shape index (κ1) is 20.4. The van der Waals surface area contributed by atoms with Crippen LogP contribution in [0.15, 0.2) is 60.7 Å². The Hall–Kier alpha value is -3.52. The van der Waals surface area contributed by atoms with Gasteiger partial charge in [-0.15, -0.1) is 0 Å². The molecule has 2 aromatic carbocycles. The summed E-state index contributed by atoms with van der Waals surface area (Å²) in [6, 6.07) is 11.9. The number of nitro benzene ring substituents is 1. The Labute approximate surface area is 188 Å². The molecule has 9 heteroatoms. The number of nitro groups is 1. The largest absolute Gasteiger partial charge is 0.273 e. The molecule has 1 aliphatic heterocycles. The van der Waals surface area contributed by atoms with Gasteiger partial charge in [-0.2, -0.15) is 5.01 Å². The lowest BCUT2D eigenvalue weighted by Gasteiger charge is -2.31. The fraction of sp³-hybridized carbons (Fsp3) is 0.261. The minimum Gasteiger partial charge on any atom is -0.272 e. The minimum absolute atomic E-state index is 0.0123. The maximum absolute atomic E-state index is 13.4. The van der Waals surface area contributed by atoms with Gasteiger partial charge >= 0.3 is 0 Å². The van der Waals surface area contributed by atoms with E-state index in [1.54, 1.807) is 12.1 Å². The zero-order chi connectivity index (χ0) is 22.6. The summed E-state index contributed by atoms with van der Waals surface area (Å²) in [5.74, 6) is -2.15. The van der Waals surface area contributed by atoms with Crippen molar-refractivity contribution in [1.82, 2.24) is 10.0 Å². The second-order valence-corrected chi connectivity index (χ2v) is 8.72. The average Bonchev–Trinajstić information content (AvgIpc) is 3.47. The van der Waals surface area contributed by atoms with Gasteiger partial charge in [-0.3, -0.25) is 24.5 Å². The van der Waals surface area contributed by atoms with Crippen LogP contribution in [0.1, 0.15) is 22.3 Å². The molecule has 2 fully saturated rings. The summed E-state index contributed by atoms with van der Waals surface area (Å²) >= 11 is 5.94. The van der Waals surface area contributed by atoms with E-state index < -0.39 is 22.7 Å². The van der Waals surface area contributed by atoms with E-state index in [0.717, 1.165) is 16.4 Å². The molecule has 1 saturated carbocycles. The van der Waals surface area contributed by atoms with Crippen LogP contribution in [0.4, 0.5) is 5.69 Å². The van der Waals surface area contributed by atoms with Gasteiger partial charge in [-0.05, 0) is 48.1 Å². The summed E-state index contributed by atoms with van der Waals surface area (Å²) in [7, 11) is 0. The number of amides is 3. The van der Waals surface area contributed by atoms with Crippen molar-refractivity contribution in [3.63, 3.8) is 0 Å². The number of fused-ring (bicyclic) bond motifs is 5. The summed E-state index contributed by atoms with van der Waals surface area (Å²) in [4.78, 5) is 50.5. The summed E-state index contributed by atoms with van der Waals surface area (Å²) in [6.07, 6.45) is 4.76. The summed E-state index contributed by atoms with van der Waals surface area (Å²) in [5, 5.41) is 13.5. The van der Waals surface area contributed by atoms with Crippen LogP contribution in [0.3, 0.4) is 0 Å². The highest BCUT2D eigenvalue weighted by Gasteiger charge is 2.61. The molecular weight excluding hydrogens is 434 g/mol. The molecule has 3 aliphatic rings. The van der Waals surface area contributed by atoms with Gasteiger partial charge < -0.3 is 0 Å². The molecule has 2 bridgehead atoms. The monoisotopic (exact) mass is 451 g/mol. The van der Waals surface area contributed by atoms with E-state index in [-0.39, 0.29) is 41.4 Å². The average molecular weight is 452 g/mol. The number of non-ortho nitro benzene ring substituents is 1. The predicted octanol–water partition coefficient (Wildman–Crippen LogP) is 3.61. The molecule has 2 aliphatic carbocycles. The number of nitrogens with zero attached hydrogens (tertiary/aromatic N) is 3. The predicted molar refractivity (Wildman–Crippen MR) is 114 cm³/mol. The molecule has 3 amide bonds. The standard InChI is InChI=1S/C23H18ClN3O5/c24-17-7-5-14(6-8-17)21(28)25(12-13-1-9-18(10-2-13)27(31)32)26-22(29)19-15-3-4-16(11-15)20(19)23(26)30/h1-10,15-16,19-20H,11-12H2/t15-,16-,19+,20+/m0/s1. The molecule has 0 unspecified atom stereocenters. The van der Waals surface area contributed by atoms with Crippen LogP contribution >= 0.6 is 11.6 Å². The van der Waals surface area contributed by atoms with Crippen LogP contribution in [0.5, 0.6) is 0 Å². The number of rotatable bonds is 5. The van der Waals surface area contributed by atoms with Gasteiger partial charge in [0.2, 0.25) is 0 Å². The maximum Gasteiger partial charge on any atom is 0.273 e. The highest BCUT2D eigenvalue weighted by molar-refractivity contribution is 6.30. The molecule has 1 saturated heterocycles. The van der Waals surface area contributed by atoms with E-state index in [9.17, 15) is 24.5 Å². The molecule has 5 rings (SSSR count). The van der Waals surface area contributed by atoms with Crippen molar-refractivity contribution in [2.75, 3.05) is 0 Å². The van der Waals surface area contributed by atoms with Gasteiger partial charge in [-0.25, -0.2) is 5.01 Å². The fourth-order valence-electron chi connectivity index (χ4n) is 5.00. The van der Waals surface area contributed by atoms with E-state index in [1.165, 1.54) is 36.4 Å². The van der Waals surface area contributed by atoms with E-state index in [2.05, 4.69) is 0 Å². The lowest BCUT2D eigenvalue weighted by Crippen LogP contribution is -2.50. The third-order valence-electron chi connectivity index (χ3n) is 6.49. The number of carbonyl (C=O) groups excluding carboxylic acids is 3. The normalized spacial score (nSPS) is 25.3. The first-order valence-corrected chi connectivity index (χ1v) is 10.6. The Morgan fingerprint density at radius 2 is 1.56 bits per heavy atom. The Kier molecular flexibility index (Phi) is 4.82. The highest BCUT2D eigenvalue weighted by atomic mass is 35.5. The number of hydrogen-bond acceptors (Lipinski definition) is 5. The first-order chi connectivity index (χ1) is 15.3. The Morgan fingerprint density at radius 3 is 2.09 bits per heavy atom. The Morgan fingerprint density at radius 1 is 1.00 bits per heavy atom. The SMILES string of the molecule is O=C(c1ccc(Cl)cc1)N(Cc1ccc([N+](=O)[O-])cc1)N1C(=O)[C@H]2[C@H](C1=O)[C@H]1C=C[C@H]2C1. The van der Waals surface area contributed by atoms with E-state index in [4.69, 9.17) is 11.6 Å². The van der Waals surface area contributed by atoms with Crippen molar-refractivity contribution in [3.05, 3.63) is 86.9 Å². The number of benzene rings is 2. The van der Waals surface area contributed by atoms with Crippen molar-refractivity contribution in [2.24, 2.45) is 23.7 Å². The number of hydrazine groups is 1. The van der Waals surface area contributed by atoms with Gasteiger partial charge in [0, 0.05) is 22.7 Å². The van der Waals surface area contributed by atoms with Gasteiger partial charge in [0.15, 0.2) is 0 Å². The lowest BCUT2D eigenvalue weighted by atomic mass is 9.85. The number of hydrogen-bond donors (Lipinski definition) is 0. The van der Waals surface area contributed by atoms with E-state index in [1.807, 2.05) is 12.2 Å². The molecule has 2 aromatic rings. The van der Waals surface area contributed by atoms with Gasteiger partial charge in [0.1, 0.15) is 0 Å². The molecular formula is C23H18ClN3O5. The summed E-state index contributed by atoms with van der Waals surface area (Å²) in [6.45, 7) is -0.0842. The molecule has 8 nitrogen and oxygen atoms in total. The highest BCUT2D eigenvalue weighted by Crippen LogP contribution is 2.52. The van der Waals surface area contributed by atoms with Gasteiger partial charge in [-0.1, -0.05) is 35.9 Å². The third kappa shape index (κ3) is 3.18. The van der Waals surface area contributed by atoms with Crippen molar-refractivity contribution in [3.8, 4) is 0 Å². The first-order valence-electron chi connectivity index (χ1n) is 10.2. The smallest absolute Gasteiger partial charge is 0.272 e. The molecule has 0 N–H and O–H groups in total. The summed E-state index contributed by atoms with van der Waals surface area (Å²) < 4.78 is 0. The van der Waals surface area contributed by atoms with Crippen molar-refractivity contribution in [1.29, 1.82) is 0 Å². The van der Waals surface area contributed by atoms with E-state index in [0.29, 0.717) is 10.6 Å². The van der Waals surface area contributed by atoms with Crippen LogP contribution in [0.25, 0.3) is 0 Å². The van der Waals surface area contributed by atoms with Crippen molar-refractivity contribution >= 4 is 35.0 Å². The quantitative estimate of drug-likeness (QED) is 0.299. The van der Waals surface area contributed by atoms with E-state index >= 15 is 0 Å². The maximum atomic E-state index is 13.4. The number of allylic oxidation sites excluding steroid dienone is 2. The van der Waals surface area contributed by atoms with Crippen LogP contribution in [0.2, 0.25) is 5.02 Å². The van der Waals surface area contributed by atoms with Gasteiger partial charge in [0.05, 0.1) is 23.3 Å². The zero-order valence-electron chi connectivity index (χ0n) is 16.8. The number of imide groups is 1. The molecule has 0 aromatic heterocycles. The topological polar surface area (TPSA) is 101 Å². The zero-order valence-corrected chi connectivity index (χ0v) is 17.5. The number of carbonyl (C=O) groups is 3. The Balaban J connectivity index is 1.50. The molecule has 0 radical (unpaired) electrons. The fourth-order valence-corrected chi connectivity index (χ4v) is 5.12. The van der Waals surface area contributed by atoms with Crippen molar-refractivity contribution < 1.29 is 19.3 Å². The number of halogens is 1.